The van der Waals surface area contributed by atoms with Gasteiger partial charge in [0, 0.05) is 5.54 Å². The molecule has 2 atom stereocenters. The van der Waals surface area contributed by atoms with Gasteiger partial charge < -0.3 is 5.32 Å². The Labute approximate surface area is 115 Å². The van der Waals surface area contributed by atoms with Gasteiger partial charge in [0.25, 0.3) is 0 Å². The maximum Gasteiger partial charge on any atom is 0.00965 e. The highest BCUT2D eigenvalue weighted by molar-refractivity contribution is 4.86. The molecular formula is C17H35N. The van der Waals surface area contributed by atoms with Gasteiger partial charge in [-0.25, -0.2) is 0 Å². The van der Waals surface area contributed by atoms with Crippen molar-refractivity contribution >= 4 is 0 Å². The van der Waals surface area contributed by atoms with Crippen LogP contribution in [0.5, 0.6) is 0 Å². The topological polar surface area (TPSA) is 12.0 Å². The molecule has 0 aliphatic heterocycles. The highest BCUT2D eigenvalue weighted by Crippen LogP contribution is 2.44. The molecule has 2 unspecified atom stereocenters. The van der Waals surface area contributed by atoms with Crippen molar-refractivity contribution in [1.82, 2.24) is 5.32 Å². The number of nitrogens with one attached hydrogen (secondary N) is 1. The molecule has 1 N–H and O–H groups in total. The SMILES string of the molecule is CC1CC(C)CC(C(C)(C)CCNC(C)(C)C)C1. The monoisotopic (exact) mass is 253 g/mol. The first kappa shape index (κ1) is 16.0. The Hall–Kier alpha value is -0.0400. The van der Waals surface area contributed by atoms with E-state index in [4.69, 9.17) is 0 Å². The molecule has 0 spiro atoms. The third-order valence-electron chi connectivity index (χ3n) is 4.71. The van der Waals surface area contributed by atoms with E-state index in [1.54, 1.807) is 0 Å². The van der Waals surface area contributed by atoms with Crippen LogP contribution in [0.4, 0.5) is 0 Å². The Morgan fingerprint density at radius 2 is 1.39 bits per heavy atom. The van der Waals surface area contributed by atoms with Gasteiger partial charge in [-0.05, 0) is 76.2 Å². The number of hydrogen-bond acceptors (Lipinski definition) is 1. The quantitative estimate of drug-likeness (QED) is 0.754. The first-order valence-electron chi connectivity index (χ1n) is 7.85. The summed E-state index contributed by atoms with van der Waals surface area (Å²) in [7, 11) is 0. The molecule has 0 aromatic rings. The minimum atomic E-state index is 0.253. The van der Waals surface area contributed by atoms with Crippen LogP contribution in [0, 0.1) is 23.2 Å². The zero-order chi connectivity index (χ0) is 14.0. The van der Waals surface area contributed by atoms with Gasteiger partial charge in [-0.3, -0.25) is 0 Å². The molecule has 1 fully saturated rings. The molecule has 0 radical (unpaired) electrons. The number of rotatable bonds is 4. The van der Waals surface area contributed by atoms with Gasteiger partial charge in [-0.1, -0.05) is 27.7 Å². The van der Waals surface area contributed by atoms with E-state index in [1.807, 2.05) is 0 Å². The first-order chi connectivity index (χ1) is 8.10. The Morgan fingerprint density at radius 3 is 1.83 bits per heavy atom. The van der Waals surface area contributed by atoms with Gasteiger partial charge in [-0.15, -0.1) is 0 Å². The van der Waals surface area contributed by atoms with Crippen LogP contribution in [0.1, 0.15) is 74.1 Å². The molecule has 1 aliphatic carbocycles. The van der Waals surface area contributed by atoms with E-state index >= 15 is 0 Å². The van der Waals surface area contributed by atoms with Crippen LogP contribution in [0.3, 0.4) is 0 Å². The van der Waals surface area contributed by atoms with Crippen LogP contribution in [0.15, 0.2) is 0 Å². The summed E-state index contributed by atoms with van der Waals surface area (Å²) in [6.07, 6.45) is 5.61. The molecule has 18 heavy (non-hydrogen) atoms. The Kier molecular flexibility index (Phi) is 5.29. The molecule has 1 aliphatic rings. The van der Waals surface area contributed by atoms with Crippen LogP contribution in [-0.4, -0.2) is 12.1 Å². The summed E-state index contributed by atoms with van der Waals surface area (Å²) >= 11 is 0. The molecule has 1 saturated carbocycles. The highest BCUT2D eigenvalue weighted by Gasteiger charge is 2.34. The Bertz CT molecular complexity index is 239. The highest BCUT2D eigenvalue weighted by atomic mass is 14.9. The van der Waals surface area contributed by atoms with E-state index in [9.17, 15) is 0 Å². The molecule has 0 aromatic carbocycles. The molecular weight excluding hydrogens is 218 g/mol. The van der Waals surface area contributed by atoms with E-state index in [0.29, 0.717) is 5.41 Å². The van der Waals surface area contributed by atoms with Gasteiger partial charge in [0.05, 0.1) is 0 Å². The van der Waals surface area contributed by atoms with Crippen molar-refractivity contribution in [3.63, 3.8) is 0 Å². The third kappa shape index (κ3) is 5.30. The fourth-order valence-corrected chi connectivity index (χ4v) is 3.55. The Morgan fingerprint density at radius 1 is 0.889 bits per heavy atom. The molecule has 0 saturated heterocycles. The van der Waals surface area contributed by atoms with Crippen molar-refractivity contribution in [2.45, 2.75) is 79.7 Å². The van der Waals surface area contributed by atoms with Crippen LogP contribution in [0.2, 0.25) is 0 Å². The van der Waals surface area contributed by atoms with Crippen LogP contribution in [-0.2, 0) is 0 Å². The third-order valence-corrected chi connectivity index (χ3v) is 4.71. The maximum absolute atomic E-state index is 3.64. The predicted molar refractivity (Wildman–Crippen MR) is 81.8 cm³/mol. The molecule has 1 rings (SSSR count). The van der Waals surface area contributed by atoms with Gasteiger partial charge in [0.2, 0.25) is 0 Å². The molecule has 1 heteroatoms. The first-order valence-corrected chi connectivity index (χ1v) is 7.85. The zero-order valence-corrected chi connectivity index (χ0v) is 13.8. The maximum atomic E-state index is 3.64. The lowest BCUT2D eigenvalue weighted by molar-refractivity contribution is 0.0912. The van der Waals surface area contributed by atoms with E-state index in [0.717, 1.165) is 24.3 Å². The summed E-state index contributed by atoms with van der Waals surface area (Å²) in [4.78, 5) is 0. The second-order valence-electron chi connectivity index (χ2n) is 8.53. The minimum Gasteiger partial charge on any atom is -0.312 e. The van der Waals surface area contributed by atoms with Gasteiger partial charge >= 0.3 is 0 Å². The Balaban J connectivity index is 2.46. The fourth-order valence-electron chi connectivity index (χ4n) is 3.55. The van der Waals surface area contributed by atoms with Crippen molar-refractivity contribution in [2.75, 3.05) is 6.54 Å². The van der Waals surface area contributed by atoms with Crippen LogP contribution in [0.25, 0.3) is 0 Å². The minimum absolute atomic E-state index is 0.253. The van der Waals surface area contributed by atoms with Crippen molar-refractivity contribution in [1.29, 1.82) is 0 Å². The zero-order valence-electron chi connectivity index (χ0n) is 13.8. The van der Waals surface area contributed by atoms with Gasteiger partial charge in [0.1, 0.15) is 0 Å². The lowest BCUT2D eigenvalue weighted by atomic mass is 9.64. The van der Waals surface area contributed by atoms with Gasteiger partial charge in [-0.2, -0.15) is 0 Å². The van der Waals surface area contributed by atoms with E-state index in [-0.39, 0.29) is 5.54 Å². The normalized spacial score (nSPS) is 30.5. The molecule has 0 bridgehead atoms. The average Bonchev–Trinajstić information content (AvgIpc) is 2.13. The fraction of sp³-hybridized carbons (Fsp3) is 1.00. The predicted octanol–water partition coefficient (Wildman–Crippen LogP) is 4.86. The summed E-state index contributed by atoms with van der Waals surface area (Å²) in [6, 6.07) is 0. The summed E-state index contributed by atoms with van der Waals surface area (Å²) in [5.41, 5.74) is 0.740. The van der Waals surface area contributed by atoms with Crippen LogP contribution < -0.4 is 5.32 Å². The summed E-state index contributed by atoms with van der Waals surface area (Å²) in [5.74, 6) is 2.76. The largest absolute Gasteiger partial charge is 0.312 e. The van der Waals surface area contributed by atoms with E-state index in [2.05, 4.69) is 53.8 Å². The second kappa shape index (κ2) is 5.94. The number of hydrogen-bond donors (Lipinski definition) is 1. The summed E-state index contributed by atoms with van der Waals surface area (Å²) in [6.45, 7) is 17.7. The summed E-state index contributed by atoms with van der Waals surface area (Å²) < 4.78 is 0. The smallest absolute Gasteiger partial charge is 0.00965 e. The standard InChI is InChI=1S/C17H35N/c1-13-10-14(2)12-15(11-13)17(6,7)8-9-18-16(3,4)5/h13-15,18H,8-12H2,1-7H3. The van der Waals surface area contributed by atoms with Crippen molar-refractivity contribution in [2.24, 2.45) is 23.2 Å². The molecule has 0 amide bonds. The average molecular weight is 253 g/mol. The lowest BCUT2D eigenvalue weighted by Crippen LogP contribution is -2.40. The van der Waals surface area contributed by atoms with Crippen LogP contribution >= 0.6 is 0 Å². The molecule has 108 valence electrons. The second-order valence-corrected chi connectivity index (χ2v) is 8.53. The van der Waals surface area contributed by atoms with Gasteiger partial charge in [0.15, 0.2) is 0 Å². The summed E-state index contributed by atoms with van der Waals surface area (Å²) in [5, 5.41) is 3.64. The van der Waals surface area contributed by atoms with E-state index in [1.165, 1.54) is 25.7 Å². The van der Waals surface area contributed by atoms with Crippen molar-refractivity contribution < 1.29 is 0 Å². The molecule has 1 nitrogen and oxygen atoms in total. The lowest BCUT2D eigenvalue weighted by Gasteiger charge is -2.42. The van der Waals surface area contributed by atoms with Crippen molar-refractivity contribution in [3.05, 3.63) is 0 Å². The molecule has 0 heterocycles. The van der Waals surface area contributed by atoms with E-state index < -0.39 is 0 Å². The van der Waals surface area contributed by atoms with Crippen molar-refractivity contribution in [3.8, 4) is 0 Å². The molecule has 0 aromatic heterocycles.